The zero-order chi connectivity index (χ0) is 45.9. The van der Waals surface area contributed by atoms with Crippen molar-refractivity contribution in [3.63, 3.8) is 0 Å². The zero-order valence-electron chi connectivity index (χ0n) is 36.6. The van der Waals surface area contributed by atoms with Gasteiger partial charge in [0, 0.05) is 109 Å². The van der Waals surface area contributed by atoms with Crippen LogP contribution in [0, 0.1) is 23.7 Å². The molecule has 4 N–H and O–H groups in total. The fourth-order valence-electron chi connectivity index (χ4n) is 10.7. The first kappa shape index (κ1) is 45.0. The second-order valence-electron chi connectivity index (χ2n) is 17.0. The molecular formula is C50H52N8O6S2. The number of amides is 2. The summed E-state index contributed by atoms with van der Waals surface area (Å²) in [5.41, 5.74) is 5.03. The first-order valence-corrected chi connectivity index (χ1v) is 23.9. The average Bonchev–Trinajstić information content (AvgIpc) is 4.12. The molecule has 66 heavy (non-hydrogen) atoms. The molecule has 2 fully saturated rings. The fraction of sp³-hybridized carbons (Fsp3) is 0.320. The van der Waals surface area contributed by atoms with E-state index < -0.39 is 11.8 Å². The largest absolute Gasteiger partial charge is 0.396 e. The number of fused-ring (bicyclic) bond motifs is 8. The topological polar surface area (TPSA) is 175 Å². The number of nitrogens with one attached hydrogen (secondary N) is 2. The van der Waals surface area contributed by atoms with Crippen molar-refractivity contribution in [2.45, 2.75) is 64.2 Å². The third kappa shape index (κ3) is 8.56. The van der Waals surface area contributed by atoms with Crippen LogP contribution in [0.2, 0.25) is 0 Å². The number of aliphatic hydroxyl groups is 2. The van der Waals surface area contributed by atoms with Crippen LogP contribution >= 0.6 is 22.7 Å². The summed E-state index contributed by atoms with van der Waals surface area (Å²) >= 11 is 2.72. The lowest BCUT2D eigenvalue weighted by Crippen LogP contribution is -2.46. The SMILES string of the molecule is C/C=C/c1ccc2n(c1=O)C[C@H]1[C@H](CO)[C@@H](C(=O)Nc3nccs3)[C@@H]2N1Cc1ccccc1.C/C=C\c1ccc2n(c1=O)C[C@H]1[C@H](CO)[C@@H](C(=O)Nc3nccs3)[C@@H]2N1Cc1ccccc1. The molecular weight excluding hydrogens is 873 g/mol. The van der Waals surface area contributed by atoms with Crippen molar-refractivity contribution in [2.75, 3.05) is 23.8 Å². The third-order valence-corrected chi connectivity index (χ3v) is 14.8. The highest BCUT2D eigenvalue weighted by Crippen LogP contribution is 2.51. The summed E-state index contributed by atoms with van der Waals surface area (Å²) < 4.78 is 3.59. The van der Waals surface area contributed by atoms with Gasteiger partial charge in [-0.2, -0.15) is 0 Å². The molecule has 0 radical (unpaired) electrons. The molecule has 2 saturated heterocycles. The first-order chi connectivity index (χ1) is 32.2. The van der Waals surface area contributed by atoms with Crippen molar-refractivity contribution in [1.29, 1.82) is 0 Å². The molecule has 0 saturated carbocycles. The Hall–Kier alpha value is -6.14. The van der Waals surface area contributed by atoms with Gasteiger partial charge >= 0.3 is 0 Å². The van der Waals surface area contributed by atoms with Gasteiger partial charge in [-0.05, 0) is 49.2 Å². The summed E-state index contributed by atoms with van der Waals surface area (Å²) in [6.07, 6.45) is 10.6. The predicted octanol–water partition coefficient (Wildman–Crippen LogP) is 6.28. The Morgan fingerprint density at radius 2 is 1.05 bits per heavy atom. The summed E-state index contributed by atoms with van der Waals surface area (Å²) in [4.78, 5) is 66.4. The number of benzene rings is 2. The molecule has 14 nitrogen and oxygen atoms in total. The van der Waals surface area contributed by atoms with E-state index >= 15 is 0 Å². The lowest BCUT2D eigenvalue weighted by atomic mass is 9.86. The maximum atomic E-state index is 13.5. The lowest BCUT2D eigenvalue weighted by Gasteiger charge is -2.38. The second kappa shape index (κ2) is 19.8. The van der Waals surface area contributed by atoms with Crippen LogP contribution in [-0.4, -0.2) is 76.2 Å². The normalized spacial score (nSPS) is 24.2. The molecule has 8 atom stereocenters. The average molecular weight is 925 g/mol. The molecule has 0 unspecified atom stereocenters. The number of nitrogens with zero attached hydrogens (tertiary/aromatic N) is 6. The van der Waals surface area contributed by atoms with E-state index in [1.165, 1.54) is 22.7 Å². The Bertz CT molecular complexity index is 2640. The molecule has 4 aliphatic heterocycles. The summed E-state index contributed by atoms with van der Waals surface area (Å²) in [6, 6.07) is 26.9. The zero-order valence-corrected chi connectivity index (χ0v) is 38.2. The van der Waals surface area contributed by atoms with Crippen molar-refractivity contribution in [1.82, 2.24) is 28.9 Å². The predicted molar refractivity (Wildman–Crippen MR) is 257 cm³/mol. The van der Waals surface area contributed by atoms with Crippen LogP contribution in [0.4, 0.5) is 10.3 Å². The van der Waals surface area contributed by atoms with E-state index in [9.17, 15) is 29.4 Å². The highest BCUT2D eigenvalue weighted by atomic mass is 32.1. The molecule has 2 aromatic carbocycles. The summed E-state index contributed by atoms with van der Waals surface area (Å²) in [6.45, 7) is 5.66. The fourth-order valence-corrected chi connectivity index (χ4v) is 11.7. The number of rotatable bonds is 12. The summed E-state index contributed by atoms with van der Waals surface area (Å²) in [5, 5.41) is 31.4. The van der Waals surface area contributed by atoms with Crippen LogP contribution in [0.25, 0.3) is 12.2 Å². The van der Waals surface area contributed by atoms with E-state index in [0.29, 0.717) is 47.6 Å². The third-order valence-electron chi connectivity index (χ3n) is 13.4. The Labute approximate surface area is 390 Å². The van der Waals surface area contributed by atoms with E-state index in [0.717, 1.165) is 22.5 Å². The smallest absolute Gasteiger partial charge is 0.258 e. The molecule has 4 aromatic heterocycles. The van der Waals surface area contributed by atoms with Gasteiger partial charge in [0.25, 0.3) is 11.1 Å². The molecule has 16 heteroatoms. The number of aliphatic hydroxyl groups excluding tert-OH is 2. The number of aromatic nitrogens is 4. The Morgan fingerprint density at radius 1 is 0.636 bits per heavy atom. The summed E-state index contributed by atoms with van der Waals surface area (Å²) in [5.74, 6) is -1.96. The number of hydrogen-bond donors (Lipinski definition) is 4. The minimum atomic E-state index is -0.506. The van der Waals surface area contributed by atoms with Crippen LogP contribution in [0.15, 0.2) is 130 Å². The van der Waals surface area contributed by atoms with Gasteiger partial charge in [-0.25, -0.2) is 9.97 Å². The molecule has 2 amide bonds. The van der Waals surface area contributed by atoms with Gasteiger partial charge in [-0.1, -0.05) is 85.0 Å². The van der Waals surface area contributed by atoms with Gasteiger partial charge in [0.05, 0.1) is 23.9 Å². The summed E-state index contributed by atoms with van der Waals surface area (Å²) in [7, 11) is 0. The first-order valence-electron chi connectivity index (χ1n) is 22.2. The van der Waals surface area contributed by atoms with E-state index in [1.54, 1.807) is 21.5 Å². The number of carbonyl (C=O) groups excluding carboxylic acids is 2. The number of allylic oxidation sites excluding steroid dienone is 2. The number of anilines is 2. The Kier molecular flexibility index (Phi) is 13.5. The molecule has 4 bridgehead atoms. The van der Waals surface area contributed by atoms with Gasteiger partial charge in [-0.3, -0.25) is 29.0 Å². The second-order valence-corrected chi connectivity index (χ2v) is 18.8. The number of hydrogen-bond acceptors (Lipinski definition) is 12. The van der Waals surface area contributed by atoms with Crippen molar-refractivity contribution in [3.05, 3.63) is 175 Å². The van der Waals surface area contributed by atoms with Crippen LogP contribution in [0.3, 0.4) is 0 Å². The number of pyridine rings is 2. The lowest BCUT2D eigenvalue weighted by molar-refractivity contribution is -0.123. The van der Waals surface area contributed by atoms with Crippen molar-refractivity contribution in [3.8, 4) is 0 Å². The van der Waals surface area contributed by atoms with E-state index in [4.69, 9.17) is 0 Å². The Morgan fingerprint density at radius 3 is 1.39 bits per heavy atom. The quantitative estimate of drug-likeness (QED) is 0.109. The van der Waals surface area contributed by atoms with Gasteiger partial charge < -0.3 is 30.0 Å². The van der Waals surface area contributed by atoms with Crippen molar-refractivity contribution in [2.24, 2.45) is 23.7 Å². The molecule has 4 aliphatic rings. The van der Waals surface area contributed by atoms with E-state index in [2.05, 4.69) is 54.7 Å². The Balaban J connectivity index is 0.000000166. The van der Waals surface area contributed by atoms with Crippen LogP contribution < -0.4 is 21.8 Å². The van der Waals surface area contributed by atoms with Gasteiger partial charge in [0.15, 0.2) is 10.3 Å². The van der Waals surface area contributed by atoms with Crippen molar-refractivity contribution < 1.29 is 19.8 Å². The standard InChI is InChI=1S/2C25H26N4O3S/c2*1-2-6-17-9-10-19-22-21(23(31)27-25-26-11-12-33-25)18(15-30)20(14-29(19)24(17)32)28(22)13-16-7-4-3-5-8-16/h2*2-12,18,20-22,30H,13-15H2,1H3,(H,26,27,31)/b6-2+;6-2-/t2*18-,20-,21+,22+/m00/s1. The van der Waals surface area contributed by atoms with Crippen LogP contribution in [-0.2, 0) is 35.8 Å². The van der Waals surface area contributed by atoms with Crippen LogP contribution in [0.1, 0.15) is 59.6 Å². The highest BCUT2D eigenvalue weighted by Gasteiger charge is 2.57. The maximum absolute atomic E-state index is 13.5. The van der Waals surface area contributed by atoms with E-state index in [1.807, 2.05) is 110 Å². The molecule has 8 heterocycles. The minimum absolute atomic E-state index is 0.0577. The molecule has 0 aliphatic carbocycles. The number of thiazole rings is 2. The minimum Gasteiger partial charge on any atom is -0.396 e. The van der Waals surface area contributed by atoms with Gasteiger partial charge in [0.1, 0.15) is 0 Å². The monoisotopic (exact) mass is 924 g/mol. The maximum Gasteiger partial charge on any atom is 0.258 e. The van der Waals surface area contributed by atoms with Gasteiger partial charge in [0.2, 0.25) is 11.8 Å². The van der Waals surface area contributed by atoms with E-state index in [-0.39, 0.29) is 72.1 Å². The molecule has 6 aromatic rings. The molecule has 340 valence electrons. The number of carbonyl (C=O) groups is 2. The highest BCUT2D eigenvalue weighted by molar-refractivity contribution is 7.14. The molecule has 10 rings (SSSR count). The van der Waals surface area contributed by atoms with Gasteiger partial charge in [-0.15, -0.1) is 22.7 Å². The molecule has 0 spiro atoms. The van der Waals surface area contributed by atoms with Crippen molar-refractivity contribution >= 4 is 56.9 Å². The van der Waals surface area contributed by atoms with Crippen LogP contribution in [0.5, 0.6) is 0 Å².